The van der Waals surface area contributed by atoms with Crippen LogP contribution in [0.15, 0.2) is 11.8 Å². The van der Waals surface area contributed by atoms with E-state index < -0.39 is 0 Å². The smallest absolute Gasteiger partial charge is 0.0698 e. The van der Waals surface area contributed by atoms with E-state index in [2.05, 4.69) is 11.4 Å². The Kier molecular flexibility index (Phi) is 5.61. The van der Waals surface area contributed by atoms with Crippen LogP contribution in [0.25, 0.3) is 0 Å². The molecule has 1 rings (SSSR count). The molecular weight excluding hydrogens is 166 g/mol. The normalized spacial score (nSPS) is 16.8. The summed E-state index contributed by atoms with van der Waals surface area (Å²) < 4.78 is 5.13. The van der Waals surface area contributed by atoms with Crippen molar-refractivity contribution in [3.63, 3.8) is 0 Å². The minimum absolute atomic E-state index is 0.114. The molecule has 3 heteroatoms. The Morgan fingerprint density at radius 3 is 3.00 bits per heavy atom. The van der Waals surface area contributed by atoms with Gasteiger partial charge in [0.25, 0.3) is 0 Å². The molecule has 0 radical (unpaired) electrons. The molecule has 0 aromatic rings. The minimum Gasteiger partial charge on any atom is -0.394 e. The summed E-state index contributed by atoms with van der Waals surface area (Å²) in [4.78, 5) is 0. The van der Waals surface area contributed by atoms with Crippen LogP contribution in [0.3, 0.4) is 0 Å². The number of ether oxygens (including phenoxy) is 1. The van der Waals surface area contributed by atoms with Crippen molar-refractivity contribution in [2.24, 2.45) is 0 Å². The molecule has 0 fully saturated rings. The molecule has 0 unspecified atom stereocenters. The molecule has 0 aromatic heterocycles. The summed E-state index contributed by atoms with van der Waals surface area (Å²) in [6, 6.07) is 0. The maximum Gasteiger partial charge on any atom is 0.0698 e. The number of rotatable bonds is 6. The van der Waals surface area contributed by atoms with Gasteiger partial charge >= 0.3 is 0 Å². The Hall–Kier alpha value is -0.540. The Labute approximate surface area is 79.8 Å². The highest BCUT2D eigenvalue weighted by Crippen LogP contribution is 2.14. The van der Waals surface area contributed by atoms with Gasteiger partial charge in [0, 0.05) is 12.2 Å². The van der Waals surface area contributed by atoms with Crippen molar-refractivity contribution in [1.29, 1.82) is 0 Å². The number of aliphatic hydroxyl groups excluding tert-OH is 1. The van der Waals surface area contributed by atoms with Crippen LogP contribution in [0.4, 0.5) is 0 Å². The van der Waals surface area contributed by atoms with E-state index in [9.17, 15) is 0 Å². The molecule has 0 aromatic carbocycles. The number of hydrogen-bond acceptors (Lipinski definition) is 3. The summed E-state index contributed by atoms with van der Waals surface area (Å²) in [7, 11) is 0. The Balaban J connectivity index is 1.95. The van der Waals surface area contributed by atoms with Crippen LogP contribution in [-0.4, -0.2) is 31.5 Å². The minimum atomic E-state index is 0.114. The van der Waals surface area contributed by atoms with Crippen LogP contribution < -0.4 is 5.32 Å². The molecule has 2 N–H and O–H groups in total. The molecule has 76 valence electrons. The van der Waals surface area contributed by atoms with E-state index in [0.717, 1.165) is 6.54 Å². The highest BCUT2D eigenvalue weighted by molar-refractivity contribution is 5.02. The summed E-state index contributed by atoms with van der Waals surface area (Å²) in [6.07, 6.45) is 7.29. The van der Waals surface area contributed by atoms with Crippen molar-refractivity contribution in [2.75, 3.05) is 26.4 Å². The highest BCUT2D eigenvalue weighted by atomic mass is 16.5. The van der Waals surface area contributed by atoms with Crippen molar-refractivity contribution in [1.82, 2.24) is 5.32 Å². The largest absolute Gasteiger partial charge is 0.394 e. The third-order valence-corrected chi connectivity index (χ3v) is 2.13. The van der Waals surface area contributed by atoms with Crippen LogP contribution >= 0.6 is 0 Å². The van der Waals surface area contributed by atoms with E-state index in [1.54, 1.807) is 0 Å². The third kappa shape index (κ3) is 4.90. The van der Waals surface area contributed by atoms with Crippen LogP contribution in [0, 0.1) is 0 Å². The topological polar surface area (TPSA) is 41.5 Å². The van der Waals surface area contributed by atoms with Crippen LogP contribution in [0.1, 0.15) is 25.7 Å². The number of allylic oxidation sites excluding steroid dienone is 2. The molecular formula is C10H19NO2. The number of aliphatic hydroxyl groups is 1. The molecule has 1 aliphatic rings. The Morgan fingerprint density at radius 1 is 1.38 bits per heavy atom. The van der Waals surface area contributed by atoms with Gasteiger partial charge in [-0.2, -0.15) is 0 Å². The molecule has 0 saturated heterocycles. The van der Waals surface area contributed by atoms with Crippen molar-refractivity contribution >= 4 is 0 Å². The Morgan fingerprint density at radius 2 is 2.31 bits per heavy atom. The molecule has 3 nitrogen and oxygen atoms in total. The van der Waals surface area contributed by atoms with E-state index in [4.69, 9.17) is 9.84 Å². The van der Waals surface area contributed by atoms with Crippen LogP contribution in [0.5, 0.6) is 0 Å². The predicted octanol–water partition coefficient (Wildman–Crippen LogP) is 1.04. The first kappa shape index (κ1) is 10.5. The zero-order chi connectivity index (χ0) is 9.36. The monoisotopic (exact) mass is 185 g/mol. The first-order valence-corrected chi connectivity index (χ1v) is 5.05. The lowest BCUT2D eigenvalue weighted by Gasteiger charge is -2.14. The Bertz CT molecular complexity index is 157. The summed E-state index contributed by atoms with van der Waals surface area (Å²) >= 11 is 0. The first-order valence-electron chi connectivity index (χ1n) is 5.05. The standard InChI is InChI=1S/C10H19NO2/c12-7-9-13-8-6-11-10-4-2-1-3-5-10/h4,11-12H,1-3,5-9H2. The second-order valence-corrected chi connectivity index (χ2v) is 3.24. The van der Waals surface area contributed by atoms with Gasteiger partial charge in [0.05, 0.1) is 19.8 Å². The average Bonchev–Trinajstić information content (AvgIpc) is 2.19. The molecule has 0 heterocycles. The van der Waals surface area contributed by atoms with Crippen LogP contribution in [-0.2, 0) is 4.74 Å². The lowest BCUT2D eigenvalue weighted by Crippen LogP contribution is -2.21. The zero-order valence-electron chi connectivity index (χ0n) is 8.09. The lowest BCUT2D eigenvalue weighted by molar-refractivity contribution is 0.0948. The fourth-order valence-corrected chi connectivity index (χ4v) is 1.45. The fraction of sp³-hybridized carbons (Fsp3) is 0.800. The van der Waals surface area contributed by atoms with Gasteiger partial charge in [-0.15, -0.1) is 0 Å². The molecule has 0 saturated carbocycles. The van der Waals surface area contributed by atoms with Gasteiger partial charge in [-0.3, -0.25) is 0 Å². The van der Waals surface area contributed by atoms with E-state index >= 15 is 0 Å². The zero-order valence-corrected chi connectivity index (χ0v) is 8.09. The van der Waals surface area contributed by atoms with Gasteiger partial charge in [0.1, 0.15) is 0 Å². The lowest BCUT2D eigenvalue weighted by atomic mass is 10.1. The highest BCUT2D eigenvalue weighted by Gasteiger charge is 2.01. The molecule has 0 atom stereocenters. The van der Waals surface area contributed by atoms with Crippen molar-refractivity contribution in [3.05, 3.63) is 11.8 Å². The van der Waals surface area contributed by atoms with Gasteiger partial charge in [0.2, 0.25) is 0 Å². The van der Waals surface area contributed by atoms with Crippen molar-refractivity contribution < 1.29 is 9.84 Å². The van der Waals surface area contributed by atoms with Crippen LogP contribution in [0.2, 0.25) is 0 Å². The van der Waals surface area contributed by atoms with Gasteiger partial charge < -0.3 is 15.2 Å². The molecule has 0 amide bonds. The molecule has 0 bridgehead atoms. The van der Waals surface area contributed by atoms with Gasteiger partial charge in [-0.1, -0.05) is 6.08 Å². The summed E-state index contributed by atoms with van der Waals surface area (Å²) in [5, 5.41) is 11.8. The number of hydrogen-bond donors (Lipinski definition) is 2. The molecule has 0 aliphatic heterocycles. The SMILES string of the molecule is OCCOCCNC1=CCCCC1. The van der Waals surface area contributed by atoms with Crippen molar-refractivity contribution in [3.8, 4) is 0 Å². The van der Waals surface area contributed by atoms with Crippen molar-refractivity contribution in [2.45, 2.75) is 25.7 Å². The molecule has 0 spiro atoms. The van der Waals surface area contributed by atoms with E-state index in [0.29, 0.717) is 13.2 Å². The van der Waals surface area contributed by atoms with Gasteiger partial charge in [0.15, 0.2) is 0 Å². The summed E-state index contributed by atoms with van der Waals surface area (Å²) in [5.41, 5.74) is 1.36. The predicted molar refractivity (Wildman–Crippen MR) is 52.5 cm³/mol. The quantitative estimate of drug-likeness (QED) is 0.608. The summed E-state index contributed by atoms with van der Waals surface area (Å²) in [6.45, 7) is 2.09. The van der Waals surface area contributed by atoms with E-state index in [1.807, 2.05) is 0 Å². The first-order chi connectivity index (χ1) is 6.43. The fourth-order valence-electron chi connectivity index (χ4n) is 1.45. The van der Waals surface area contributed by atoms with E-state index in [1.165, 1.54) is 31.4 Å². The maximum atomic E-state index is 8.46. The van der Waals surface area contributed by atoms with E-state index in [-0.39, 0.29) is 6.61 Å². The summed E-state index contributed by atoms with van der Waals surface area (Å²) in [5.74, 6) is 0. The average molecular weight is 185 g/mol. The maximum absolute atomic E-state index is 8.46. The molecule has 1 aliphatic carbocycles. The third-order valence-electron chi connectivity index (χ3n) is 2.13. The second kappa shape index (κ2) is 6.92. The van der Waals surface area contributed by atoms with Gasteiger partial charge in [-0.05, 0) is 25.7 Å². The van der Waals surface area contributed by atoms with Gasteiger partial charge in [-0.25, -0.2) is 0 Å². The second-order valence-electron chi connectivity index (χ2n) is 3.24. The molecule has 13 heavy (non-hydrogen) atoms. The number of nitrogens with one attached hydrogen (secondary N) is 1.